The summed E-state index contributed by atoms with van der Waals surface area (Å²) in [6.07, 6.45) is 11.8. The van der Waals surface area contributed by atoms with Crippen molar-refractivity contribution >= 4 is 5.97 Å². The third-order valence-corrected chi connectivity index (χ3v) is 5.42. The van der Waals surface area contributed by atoms with Crippen LogP contribution in [0.5, 0.6) is 0 Å². The van der Waals surface area contributed by atoms with Crippen LogP contribution < -0.4 is 5.73 Å². The maximum absolute atomic E-state index is 11.0. The second kappa shape index (κ2) is 9.22. The standard InChI is InChI=1S/C21H33NO2/c1-2-3-4-5-6-7-8-17-9-11-18(12-10-17)19-13-14-21(22,15-19)16-20(23)24/h9-12,19H,2-8,13-16,22H2,1H3,(H,23,24). The van der Waals surface area contributed by atoms with Gasteiger partial charge in [0.2, 0.25) is 0 Å². The number of nitrogens with two attached hydrogens (primary N) is 1. The van der Waals surface area contributed by atoms with Gasteiger partial charge in [0, 0.05) is 5.54 Å². The number of carboxylic acids is 1. The van der Waals surface area contributed by atoms with E-state index in [1.807, 2.05) is 0 Å². The maximum atomic E-state index is 11.0. The van der Waals surface area contributed by atoms with Gasteiger partial charge < -0.3 is 10.8 Å². The van der Waals surface area contributed by atoms with Gasteiger partial charge in [-0.05, 0) is 49.1 Å². The summed E-state index contributed by atoms with van der Waals surface area (Å²) in [5.74, 6) is -0.370. The third kappa shape index (κ3) is 5.94. The molecule has 3 heteroatoms. The lowest BCUT2D eigenvalue weighted by Gasteiger charge is -2.21. The summed E-state index contributed by atoms with van der Waals surface area (Å²) in [7, 11) is 0. The van der Waals surface area contributed by atoms with Crippen LogP contribution in [0.25, 0.3) is 0 Å². The molecule has 0 radical (unpaired) electrons. The second-order valence-electron chi connectivity index (χ2n) is 7.63. The molecule has 1 saturated carbocycles. The van der Waals surface area contributed by atoms with Crippen molar-refractivity contribution in [1.29, 1.82) is 0 Å². The molecule has 1 fully saturated rings. The Hall–Kier alpha value is -1.35. The number of hydrogen-bond acceptors (Lipinski definition) is 2. The number of hydrogen-bond donors (Lipinski definition) is 2. The van der Waals surface area contributed by atoms with E-state index in [9.17, 15) is 4.79 Å². The number of unbranched alkanes of at least 4 members (excludes halogenated alkanes) is 5. The number of carboxylic acid groups (broad SMARTS) is 1. The fraction of sp³-hybridized carbons (Fsp3) is 0.667. The SMILES string of the molecule is CCCCCCCCc1ccc(C2CCC(N)(CC(=O)O)C2)cc1. The number of benzene rings is 1. The third-order valence-electron chi connectivity index (χ3n) is 5.42. The highest BCUT2D eigenvalue weighted by molar-refractivity contribution is 5.68. The molecule has 0 heterocycles. The second-order valence-corrected chi connectivity index (χ2v) is 7.63. The Morgan fingerprint density at radius 1 is 1.17 bits per heavy atom. The van der Waals surface area contributed by atoms with E-state index in [0.717, 1.165) is 25.7 Å². The Morgan fingerprint density at radius 2 is 1.83 bits per heavy atom. The van der Waals surface area contributed by atoms with Crippen molar-refractivity contribution in [2.24, 2.45) is 5.73 Å². The maximum Gasteiger partial charge on any atom is 0.305 e. The number of carbonyl (C=O) groups is 1. The van der Waals surface area contributed by atoms with E-state index >= 15 is 0 Å². The van der Waals surface area contributed by atoms with Gasteiger partial charge in [0.25, 0.3) is 0 Å². The molecule has 0 aromatic heterocycles. The first-order valence-corrected chi connectivity index (χ1v) is 9.62. The molecule has 134 valence electrons. The lowest BCUT2D eigenvalue weighted by atomic mass is 9.90. The summed E-state index contributed by atoms with van der Waals surface area (Å²) < 4.78 is 0. The fourth-order valence-electron chi connectivity index (χ4n) is 3.97. The lowest BCUT2D eigenvalue weighted by molar-refractivity contribution is -0.138. The van der Waals surface area contributed by atoms with Crippen LogP contribution in [0, 0.1) is 0 Å². The average Bonchev–Trinajstić information content (AvgIpc) is 2.92. The topological polar surface area (TPSA) is 63.3 Å². The number of aryl methyl sites for hydroxylation is 1. The Labute approximate surface area is 146 Å². The van der Waals surface area contributed by atoms with Crippen molar-refractivity contribution in [2.45, 2.75) is 89.0 Å². The van der Waals surface area contributed by atoms with Gasteiger partial charge in [-0.15, -0.1) is 0 Å². The summed E-state index contributed by atoms with van der Waals surface area (Å²) in [5, 5.41) is 9.00. The van der Waals surface area contributed by atoms with Gasteiger partial charge in [-0.1, -0.05) is 63.3 Å². The monoisotopic (exact) mass is 331 g/mol. The molecule has 1 aromatic rings. The molecule has 2 rings (SSSR count). The highest BCUT2D eigenvalue weighted by Gasteiger charge is 2.37. The zero-order valence-corrected chi connectivity index (χ0v) is 15.1. The minimum atomic E-state index is -0.785. The highest BCUT2D eigenvalue weighted by Crippen LogP contribution is 2.41. The van der Waals surface area contributed by atoms with Crippen LogP contribution in [0.2, 0.25) is 0 Å². The smallest absolute Gasteiger partial charge is 0.305 e. The molecular weight excluding hydrogens is 298 g/mol. The van der Waals surface area contributed by atoms with Crippen LogP contribution in [0.1, 0.15) is 88.2 Å². The van der Waals surface area contributed by atoms with Crippen molar-refractivity contribution in [1.82, 2.24) is 0 Å². The zero-order valence-electron chi connectivity index (χ0n) is 15.1. The first kappa shape index (κ1) is 19.0. The first-order valence-electron chi connectivity index (χ1n) is 9.62. The summed E-state index contributed by atoms with van der Waals surface area (Å²) in [5.41, 5.74) is 8.46. The highest BCUT2D eigenvalue weighted by atomic mass is 16.4. The molecule has 1 aliphatic rings. The average molecular weight is 332 g/mol. The Balaban J connectivity index is 1.77. The van der Waals surface area contributed by atoms with E-state index in [1.165, 1.54) is 49.7 Å². The van der Waals surface area contributed by atoms with E-state index in [2.05, 4.69) is 31.2 Å². The van der Waals surface area contributed by atoms with Crippen LogP contribution in [-0.4, -0.2) is 16.6 Å². The molecule has 1 aliphatic carbocycles. The van der Waals surface area contributed by atoms with E-state index in [4.69, 9.17) is 10.8 Å². The van der Waals surface area contributed by atoms with E-state index in [1.54, 1.807) is 0 Å². The van der Waals surface area contributed by atoms with Crippen LogP contribution in [0.15, 0.2) is 24.3 Å². The number of rotatable bonds is 10. The normalized spacial score (nSPS) is 23.5. The predicted molar refractivity (Wildman–Crippen MR) is 99.3 cm³/mol. The van der Waals surface area contributed by atoms with Gasteiger partial charge in [-0.25, -0.2) is 0 Å². The molecular formula is C21H33NO2. The molecule has 1 aromatic carbocycles. The van der Waals surface area contributed by atoms with Gasteiger partial charge in [-0.2, -0.15) is 0 Å². The Kier molecular flexibility index (Phi) is 7.29. The molecule has 3 N–H and O–H groups in total. The molecule has 0 amide bonds. The van der Waals surface area contributed by atoms with Gasteiger partial charge in [0.05, 0.1) is 6.42 Å². The molecule has 0 aliphatic heterocycles. The molecule has 24 heavy (non-hydrogen) atoms. The fourth-order valence-corrected chi connectivity index (χ4v) is 3.97. The first-order chi connectivity index (χ1) is 11.5. The molecule has 2 unspecified atom stereocenters. The minimum absolute atomic E-state index is 0.0830. The summed E-state index contributed by atoms with van der Waals surface area (Å²) >= 11 is 0. The van der Waals surface area contributed by atoms with Gasteiger partial charge in [0.1, 0.15) is 0 Å². The quantitative estimate of drug-likeness (QED) is 0.591. The van der Waals surface area contributed by atoms with Gasteiger partial charge >= 0.3 is 5.97 Å². The molecule has 0 spiro atoms. The van der Waals surface area contributed by atoms with E-state index in [0.29, 0.717) is 5.92 Å². The van der Waals surface area contributed by atoms with Gasteiger partial charge in [-0.3, -0.25) is 4.79 Å². The van der Waals surface area contributed by atoms with Crippen molar-refractivity contribution in [3.63, 3.8) is 0 Å². The predicted octanol–water partition coefficient (Wildman–Crippen LogP) is 5.03. The van der Waals surface area contributed by atoms with Gasteiger partial charge in [0.15, 0.2) is 0 Å². The molecule has 2 atom stereocenters. The van der Waals surface area contributed by atoms with Crippen molar-refractivity contribution < 1.29 is 9.90 Å². The van der Waals surface area contributed by atoms with Crippen molar-refractivity contribution in [3.05, 3.63) is 35.4 Å². The van der Waals surface area contributed by atoms with Crippen molar-refractivity contribution in [2.75, 3.05) is 0 Å². The Bertz CT molecular complexity index is 511. The van der Waals surface area contributed by atoms with Crippen molar-refractivity contribution in [3.8, 4) is 0 Å². The molecule has 0 saturated heterocycles. The molecule has 3 nitrogen and oxygen atoms in total. The summed E-state index contributed by atoms with van der Waals surface area (Å²) in [4.78, 5) is 11.0. The number of aliphatic carboxylic acids is 1. The van der Waals surface area contributed by atoms with Crippen LogP contribution in [0.3, 0.4) is 0 Å². The summed E-state index contributed by atoms with van der Waals surface area (Å²) in [6.45, 7) is 2.25. The van der Waals surface area contributed by atoms with Crippen LogP contribution >= 0.6 is 0 Å². The lowest BCUT2D eigenvalue weighted by Crippen LogP contribution is -2.39. The summed E-state index contributed by atoms with van der Waals surface area (Å²) in [6, 6.07) is 8.94. The Morgan fingerprint density at radius 3 is 2.50 bits per heavy atom. The van der Waals surface area contributed by atoms with Crippen LogP contribution in [-0.2, 0) is 11.2 Å². The van der Waals surface area contributed by atoms with E-state index in [-0.39, 0.29) is 6.42 Å². The molecule has 0 bridgehead atoms. The van der Waals surface area contributed by atoms with E-state index < -0.39 is 11.5 Å². The zero-order chi connectivity index (χ0) is 17.4. The largest absolute Gasteiger partial charge is 0.481 e. The minimum Gasteiger partial charge on any atom is -0.481 e. The van der Waals surface area contributed by atoms with Crippen LogP contribution in [0.4, 0.5) is 0 Å².